The lowest BCUT2D eigenvalue weighted by atomic mass is 9.85. The number of anilines is 2. The van der Waals surface area contributed by atoms with Crippen LogP contribution >= 0.6 is 23.2 Å². The van der Waals surface area contributed by atoms with Gasteiger partial charge in [-0.15, -0.1) is 5.10 Å². The third-order valence-electron chi connectivity index (χ3n) is 6.54. The standard InChI is InChI=1S/C27H32Cl2N6O/c1-18(36)30-21-10-12-22(13-11-21)31-27(15-5-6-16-27)25-32-33-34-35(25)24(26(2,3)4)14-8-19-7-9-20(28)17-23(19)29/h7-14,17,24,31H,5-6,15-16H2,1-4H3,(H,30,36)/b14-8+. The van der Waals surface area contributed by atoms with Crippen molar-refractivity contribution in [3.05, 3.63) is 70.0 Å². The van der Waals surface area contributed by atoms with Crippen molar-refractivity contribution in [2.75, 3.05) is 10.6 Å². The highest BCUT2D eigenvalue weighted by Crippen LogP contribution is 2.43. The summed E-state index contributed by atoms with van der Waals surface area (Å²) in [5.41, 5.74) is 2.04. The molecule has 0 radical (unpaired) electrons. The van der Waals surface area contributed by atoms with Crippen LogP contribution in [0.2, 0.25) is 10.0 Å². The van der Waals surface area contributed by atoms with E-state index < -0.39 is 5.54 Å². The third kappa shape index (κ3) is 5.90. The van der Waals surface area contributed by atoms with Crippen LogP contribution in [-0.2, 0) is 10.3 Å². The van der Waals surface area contributed by atoms with Gasteiger partial charge in [0, 0.05) is 28.3 Å². The molecule has 9 heteroatoms. The summed E-state index contributed by atoms with van der Waals surface area (Å²) in [7, 11) is 0. The number of hydrogen-bond acceptors (Lipinski definition) is 5. The van der Waals surface area contributed by atoms with Crippen molar-refractivity contribution in [1.82, 2.24) is 20.2 Å². The lowest BCUT2D eigenvalue weighted by molar-refractivity contribution is -0.114. The van der Waals surface area contributed by atoms with Crippen molar-refractivity contribution in [2.24, 2.45) is 5.41 Å². The highest BCUT2D eigenvalue weighted by molar-refractivity contribution is 6.35. The van der Waals surface area contributed by atoms with Crippen molar-refractivity contribution < 1.29 is 4.79 Å². The predicted octanol–water partition coefficient (Wildman–Crippen LogP) is 7.12. The molecule has 1 aliphatic rings. The van der Waals surface area contributed by atoms with E-state index in [0.29, 0.717) is 10.0 Å². The van der Waals surface area contributed by atoms with Crippen LogP contribution in [0.1, 0.15) is 70.8 Å². The first-order chi connectivity index (χ1) is 17.1. The molecule has 0 bridgehead atoms. The molecule has 1 aromatic heterocycles. The fraction of sp³-hybridized carbons (Fsp3) is 0.407. The first-order valence-electron chi connectivity index (χ1n) is 12.1. The monoisotopic (exact) mass is 526 g/mol. The molecule has 0 saturated heterocycles. The molecular formula is C27H32Cl2N6O. The Morgan fingerprint density at radius 2 is 1.75 bits per heavy atom. The number of carbonyl (C=O) groups is 1. The Balaban J connectivity index is 1.68. The highest BCUT2D eigenvalue weighted by atomic mass is 35.5. The van der Waals surface area contributed by atoms with Crippen LogP contribution < -0.4 is 10.6 Å². The van der Waals surface area contributed by atoms with Gasteiger partial charge in [-0.25, -0.2) is 4.68 Å². The van der Waals surface area contributed by atoms with E-state index in [1.165, 1.54) is 6.92 Å². The summed E-state index contributed by atoms with van der Waals surface area (Å²) in [5.74, 6) is 0.723. The van der Waals surface area contributed by atoms with E-state index in [9.17, 15) is 4.79 Å². The van der Waals surface area contributed by atoms with E-state index in [1.54, 1.807) is 6.07 Å². The molecule has 1 saturated carbocycles. The summed E-state index contributed by atoms with van der Waals surface area (Å²) in [6.45, 7) is 8.02. The van der Waals surface area contributed by atoms with E-state index >= 15 is 0 Å². The van der Waals surface area contributed by atoms with Crippen LogP contribution in [0, 0.1) is 5.41 Å². The first kappa shape index (κ1) is 26.2. The molecule has 4 rings (SSSR count). The number of aromatic nitrogens is 4. The maximum Gasteiger partial charge on any atom is 0.221 e. The van der Waals surface area contributed by atoms with Gasteiger partial charge in [-0.3, -0.25) is 4.79 Å². The largest absolute Gasteiger partial charge is 0.373 e. The molecule has 7 nitrogen and oxygen atoms in total. The number of rotatable bonds is 7. The molecule has 1 amide bonds. The number of hydrogen-bond donors (Lipinski definition) is 2. The zero-order valence-electron chi connectivity index (χ0n) is 21.1. The Morgan fingerprint density at radius 3 is 2.36 bits per heavy atom. The average molecular weight is 528 g/mol. The van der Waals surface area contributed by atoms with Crippen molar-refractivity contribution in [3.63, 3.8) is 0 Å². The van der Waals surface area contributed by atoms with E-state index in [1.807, 2.05) is 47.2 Å². The van der Waals surface area contributed by atoms with Crippen LogP contribution in [0.3, 0.4) is 0 Å². The molecule has 3 aromatic rings. The fourth-order valence-electron chi connectivity index (χ4n) is 4.76. The normalized spacial score (nSPS) is 16.3. The Bertz CT molecular complexity index is 1240. The number of allylic oxidation sites excluding steroid dienone is 1. The molecule has 1 unspecified atom stereocenters. The lowest BCUT2D eigenvalue weighted by Crippen LogP contribution is -2.38. The molecule has 2 aromatic carbocycles. The molecule has 1 heterocycles. The molecule has 1 atom stereocenters. The minimum Gasteiger partial charge on any atom is -0.373 e. The maximum atomic E-state index is 11.4. The number of amides is 1. The third-order valence-corrected chi connectivity index (χ3v) is 7.10. The zero-order chi connectivity index (χ0) is 25.9. The van der Waals surface area contributed by atoms with Gasteiger partial charge in [0.15, 0.2) is 5.82 Å². The van der Waals surface area contributed by atoms with Crippen LogP contribution in [0.4, 0.5) is 11.4 Å². The lowest BCUT2D eigenvalue weighted by Gasteiger charge is -2.35. The second-order valence-electron chi connectivity index (χ2n) is 10.5. The average Bonchev–Trinajstić information content (AvgIpc) is 3.46. The molecule has 190 valence electrons. The summed E-state index contributed by atoms with van der Waals surface area (Å²) in [6, 6.07) is 13.1. The van der Waals surface area contributed by atoms with Gasteiger partial charge in [0.05, 0.1) is 11.6 Å². The van der Waals surface area contributed by atoms with Gasteiger partial charge in [0.25, 0.3) is 0 Å². The summed E-state index contributed by atoms with van der Waals surface area (Å²) in [5, 5.41) is 20.9. The maximum absolute atomic E-state index is 11.4. The van der Waals surface area contributed by atoms with Gasteiger partial charge >= 0.3 is 0 Å². The number of nitrogens with zero attached hydrogens (tertiary/aromatic N) is 4. The minimum absolute atomic E-state index is 0.0942. The number of benzene rings is 2. The van der Waals surface area contributed by atoms with Crippen LogP contribution in [-0.4, -0.2) is 26.1 Å². The van der Waals surface area contributed by atoms with E-state index in [4.69, 9.17) is 23.2 Å². The van der Waals surface area contributed by atoms with Gasteiger partial charge < -0.3 is 10.6 Å². The second kappa shape index (κ2) is 10.6. The summed E-state index contributed by atoms with van der Waals surface area (Å²) < 4.78 is 1.95. The van der Waals surface area contributed by atoms with Crippen LogP contribution in [0.15, 0.2) is 48.5 Å². The first-order valence-corrected chi connectivity index (χ1v) is 12.9. The number of tetrazole rings is 1. The van der Waals surface area contributed by atoms with Gasteiger partial charge in [-0.2, -0.15) is 0 Å². The smallest absolute Gasteiger partial charge is 0.221 e. The van der Waals surface area contributed by atoms with Crippen LogP contribution in [0.5, 0.6) is 0 Å². The van der Waals surface area contributed by atoms with Gasteiger partial charge in [0.1, 0.15) is 0 Å². The molecule has 36 heavy (non-hydrogen) atoms. The Labute approximate surface area is 222 Å². The van der Waals surface area contributed by atoms with Gasteiger partial charge in [-0.05, 0) is 70.6 Å². The molecule has 1 aliphatic carbocycles. The quantitative estimate of drug-likeness (QED) is 0.342. The Morgan fingerprint density at radius 1 is 1.08 bits per heavy atom. The van der Waals surface area contributed by atoms with Crippen LogP contribution in [0.25, 0.3) is 6.08 Å². The minimum atomic E-state index is -0.395. The van der Waals surface area contributed by atoms with Crippen molar-refractivity contribution in [3.8, 4) is 0 Å². The number of carbonyl (C=O) groups excluding carboxylic acids is 1. The fourth-order valence-corrected chi connectivity index (χ4v) is 5.24. The Kier molecular flexibility index (Phi) is 7.71. The number of nitrogens with one attached hydrogen (secondary N) is 2. The predicted molar refractivity (Wildman–Crippen MR) is 146 cm³/mol. The van der Waals surface area contributed by atoms with Crippen molar-refractivity contribution in [1.29, 1.82) is 0 Å². The van der Waals surface area contributed by atoms with Crippen molar-refractivity contribution in [2.45, 2.75) is 65.0 Å². The number of halogens is 2. The summed E-state index contributed by atoms with van der Waals surface area (Å²) >= 11 is 12.5. The van der Waals surface area contributed by atoms with E-state index in [2.05, 4.69) is 53.0 Å². The second-order valence-corrected chi connectivity index (χ2v) is 11.3. The molecule has 0 aliphatic heterocycles. The molecular weight excluding hydrogens is 495 g/mol. The van der Waals surface area contributed by atoms with E-state index in [0.717, 1.165) is 48.4 Å². The zero-order valence-corrected chi connectivity index (χ0v) is 22.6. The van der Waals surface area contributed by atoms with Gasteiger partial charge in [0.2, 0.25) is 5.91 Å². The molecule has 1 fully saturated rings. The molecule has 0 spiro atoms. The summed E-state index contributed by atoms with van der Waals surface area (Å²) in [6.07, 6.45) is 8.13. The van der Waals surface area contributed by atoms with Crippen molar-refractivity contribution >= 4 is 46.6 Å². The molecule has 2 N–H and O–H groups in total. The summed E-state index contributed by atoms with van der Waals surface area (Å²) in [4.78, 5) is 11.4. The Hall–Kier alpha value is -2.90. The topological polar surface area (TPSA) is 84.7 Å². The SMILES string of the molecule is CC(=O)Nc1ccc(NC2(c3nnnn3C(/C=C/c3ccc(Cl)cc3Cl)C(C)(C)C)CCCC2)cc1. The van der Waals surface area contributed by atoms with Gasteiger partial charge in [-0.1, -0.05) is 75.0 Å². The van der Waals surface area contributed by atoms with E-state index in [-0.39, 0.29) is 17.4 Å². The highest BCUT2D eigenvalue weighted by Gasteiger charge is 2.42.